The summed E-state index contributed by atoms with van der Waals surface area (Å²) in [6, 6.07) is 19.4. The second kappa shape index (κ2) is 11.6. The monoisotopic (exact) mass is 600 g/mol. The van der Waals surface area contributed by atoms with Crippen LogP contribution in [0.4, 0.5) is 5.69 Å². The first-order valence-corrected chi connectivity index (χ1v) is 12.9. The third-order valence-electron chi connectivity index (χ3n) is 5.05. The van der Waals surface area contributed by atoms with Crippen LogP contribution in [0.15, 0.2) is 70.6 Å². The van der Waals surface area contributed by atoms with Crippen LogP contribution in [0.1, 0.15) is 23.6 Å². The lowest BCUT2D eigenvalue weighted by Gasteiger charge is -2.15. The number of benzene rings is 3. The van der Waals surface area contributed by atoms with Crippen molar-refractivity contribution < 1.29 is 19.0 Å². The normalized spacial score (nSPS) is 15.4. The van der Waals surface area contributed by atoms with Crippen LogP contribution in [0.3, 0.4) is 0 Å². The van der Waals surface area contributed by atoms with Gasteiger partial charge in [0.1, 0.15) is 12.4 Å². The molecule has 6 nitrogen and oxygen atoms in total. The maximum atomic E-state index is 12.6. The van der Waals surface area contributed by atoms with E-state index in [1.165, 1.54) is 17.3 Å². The van der Waals surface area contributed by atoms with Crippen molar-refractivity contribution in [2.45, 2.75) is 20.5 Å². The molecular formula is C27H25IN2O4S. The average molecular weight is 600 g/mol. The van der Waals surface area contributed by atoms with Crippen LogP contribution in [0, 0.1) is 10.5 Å². The lowest BCUT2D eigenvalue weighted by Crippen LogP contribution is -2.19. The van der Waals surface area contributed by atoms with Gasteiger partial charge in [0, 0.05) is 0 Å². The van der Waals surface area contributed by atoms with Gasteiger partial charge in [-0.3, -0.25) is 4.79 Å². The molecule has 0 unspecified atom stereocenters. The molecule has 4 rings (SSSR count). The molecule has 8 heteroatoms. The number of aryl methyl sites for hydroxylation is 1. The van der Waals surface area contributed by atoms with E-state index in [0.29, 0.717) is 34.8 Å². The Bertz CT molecular complexity index is 1290. The first-order valence-electron chi connectivity index (χ1n) is 11.0. The first kappa shape index (κ1) is 25.1. The number of nitrogens with one attached hydrogen (secondary N) is 1. The standard InChI is InChI=1S/C27H25IN2O4S/c1-4-33-23-14-19(13-22(28)25(23)34-16-18-7-5-6-17(2)12-18)15-24-26(31)30-27(35-24)29-20-8-10-21(32-3)11-9-20/h5-15H,4,16H2,1-3H3,(H,29,30,31)/b24-15+. The van der Waals surface area contributed by atoms with Gasteiger partial charge in [0.25, 0.3) is 5.91 Å². The Labute approximate surface area is 222 Å². The van der Waals surface area contributed by atoms with Gasteiger partial charge in [0.05, 0.1) is 27.9 Å². The minimum absolute atomic E-state index is 0.185. The summed E-state index contributed by atoms with van der Waals surface area (Å²) in [5, 5.41) is 3.36. The molecule has 1 amide bonds. The second-order valence-electron chi connectivity index (χ2n) is 7.72. The number of thioether (sulfide) groups is 1. The van der Waals surface area contributed by atoms with Crippen molar-refractivity contribution in [3.8, 4) is 17.2 Å². The first-order chi connectivity index (χ1) is 16.9. The number of methoxy groups -OCH3 is 1. The number of ether oxygens (including phenoxy) is 3. The summed E-state index contributed by atoms with van der Waals surface area (Å²) in [5.41, 5.74) is 3.87. The molecule has 3 aromatic rings. The molecule has 1 saturated heterocycles. The van der Waals surface area contributed by atoms with E-state index in [9.17, 15) is 4.79 Å². The predicted molar refractivity (Wildman–Crippen MR) is 150 cm³/mol. The van der Waals surface area contributed by atoms with Crippen molar-refractivity contribution >= 4 is 57.2 Å². The molecule has 0 saturated carbocycles. The van der Waals surface area contributed by atoms with Gasteiger partial charge in [-0.1, -0.05) is 29.8 Å². The highest BCUT2D eigenvalue weighted by Gasteiger charge is 2.24. The highest BCUT2D eigenvalue weighted by Crippen LogP contribution is 2.37. The molecule has 3 aromatic carbocycles. The fourth-order valence-corrected chi connectivity index (χ4v) is 5.06. The Kier molecular flexibility index (Phi) is 8.35. The number of nitrogens with zero attached hydrogens (tertiary/aromatic N) is 1. The van der Waals surface area contributed by atoms with Crippen LogP contribution >= 0.6 is 34.4 Å². The molecule has 180 valence electrons. The predicted octanol–water partition coefficient (Wildman–Crippen LogP) is 6.48. The third-order valence-corrected chi connectivity index (χ3v) is 6.76. The molecule has 0 bridgehead atoms. The number of amides is 1. The highest BCUT2D eigenvalue weighted by atomic mass is 127. The number of carbonyl (C=O) groups excluding carboxylic acids is 1. The van der Waals surface area contributed by atoms with Crippen molar-refractivity contribution in [2.75, 3.05) is 13.7 Å². The smallest absolute Gasteiger partial charge is 0.264 e. The summed E-state index contributed by atoms with van der Waals surface area (Å²) < 4.78 is 18.1. The van der Waals surface area contributed by atoms with Crippen LogP contribution in [-0.2, 0) is 11.4 Å². The molecular weight excluding hydrogens is 575 g/mol. The van der Waals surface area contributed by atoms with Crippen LogP contribution in [0.5, 0.6) is 17.2 Å². The van der Waals surface area contributed by atoms with Gasteiger partial charge in [-0.05, 0) is 102 Å². The number of rotatable bonds is 8. The van der Waals surface area contributed by atoms with Crippen LogP contribution < -0.4 is 19.5 Å². The zero-order valence-corrected chi connectivity index (χ0v) is 22.6. The van der Waals surface area contributed by atoms with Gasteiger partial charge >= 0.3 is 0 Å². The highest BCUT2D eigenvalue weighted by molar-refractivity contribution is 14.1. The SMILES string of the molecule is CCOc1cc(/C=C2/SC(=Nc3ccc(OC)cc3)NC2=O)cc(I)c1OCc1cccc(C)c1. The van der Waals surface area contributed by atoms with Crippen LogP contribution in [-0.4, -0.2) is 24.8 Å². The molecule has 0 radical (unpaired) electrons. The molecule has 0 aliphatic carbocycles. The van der Waals surface area contributed by atoms with Crippen molar-refractivity contribution in [1.82, 2.24) is 5.32 Å². The van der Waals surface area contributed by atoms with E-state index < -0.39 is 0 Å². The zero-order valence-electron chi connectivity index (χ0n) is 19.6. The van der Waals surface area contributed by atoms with Gasteiger partial charge in [0.2, 0.25) is 0 Å². The summed E-state index contributed by atoms with van der Waals surface area (Å²) >= 11 is 3.54. The molecule has 1 aliphatic heterocycles. The summed E-state index contributed by atoms with van der Waals surface area (Å²) in [4.78, 5) is 17.6. The van der Waals surface area contributed by atoms with E-state index in [1.54, 1.807) is 7.11 Å². The van der Waals surface area contributed by atoms with E-state index in [1.807, 2.05) is 61.5 Å². The maximum Gasteiger partial charge on any atom is 0.264 e. The Balaban J connectivity index is 1.54. The summed E-state index contributed by atoms with van der Waals surface area (Å²) in [7, 11) is 1.62. The number of aliphatic imine (C=N–C) groups is 1. The zero-order chi connectivity index (χ0) is 24.8. The van der Waals surface area contributed by atoms with Crippen molar-refractivity contribution in [3.63, 3.8) is 0 Å². The van der Waals surface area contributed by atoms with Gasteiger partial charge in [-0.2, -0.15) is 0 Å². The molecule has 0 aromatic heterocycles. The Morgan fingerprint density at radius 3 is 2.60 bits per heavy atom. The Morgan fingerprint density at radius 2 is 1.89 bits per heavy atom. The lowest BCUT2D eigenvalue weighted by molar-refractivity contribution is -0.115. The van der Waals surface area contributed by atoms with Crippen molar-refractivity contribution in [3.05, 3.63) is 85.8 Å². The number of amidine groups is 1. The van der Waals surface area contributed by atoms with Crippen LogP contribution in [0.2, 0.25) is 0 Å². The van der Waals surface area contributed by atoms with Gasteiger partial charge in [-0.15, -0.1) is 0 Å². The second-order valence-corrected chi connectivity index (χ2v) is 9.91. The van der Waals surface area contributed by atoms with Gasteiger partial charge in [-0.25, -0.2) is 4.99 Å². The fourth-order valence-electron chi connectivity index (χ4n) is 3.44. The summed E-state index contributed by atoms with van der Waals surface area (Å²) in [6.45, 7) is 4.95. The van der Waals surface area contributed by atoms with Crippen molar-refractivity contribution in [1.29, 1.82) is 0 Å². The quantitative estimate of drug-likeness (QED) is 0.237. The Hall–Kier alpha value is -2.98. The molecule has 0 atom stereocenters. The van der Waals surface area contributed by atoms with Crippen LogP contribution in [0.25, 0.3) is 6.08 Å². The van der Waals surface area contributed by atoms with E-state index in [4.69, 9.17) is 14.2 Å². The molecule has 1 fully saturated rings. The van der Waals surface area contributed by atoms with Crippen molar-refractivity contribution in [2.24, 2.45) is 4.99 Å². The number of hydrogen-bond donors (Lipinski definition) is 1. The maximum absolute atomic E-state index is 12.6. The molecule has 1 heterocycles. The summed E-state index contributed by atoms with van der Waals surface area (Å²) in [6.07, 6.45) is 1.84. The molecule has 35 heavy (non-hydrogen) atoms. The largest absolute Gasteiger partial charge is 0.497 e. The molecule has 1 N–H and O–H groups in total. The van der Waals surface area contributed by atoms with E-state index in [0.717, 1.165) is 26.1 Å². The topological polar surface area (TPSA) is 69.2 Å². The third kappa shape index (κ3) is 6.58. The minimum Gasteiger partial charge on any atom is -0.497 e. The van der Waals surface area contributed by atoms with E-state index in [2.05, 4.69) is 52.0 Å². The molecule has 1 aliphatic rings. The van der Waals surface area contributed by atoms with E-state index in [-0.39, 0.29) is 5.91 Å². The number of halogens is 1. The Morgan fingerprint density at radius 1 is 1.09 bits per heavy atom. The number of hydrogen-bond acceptors (Lipinski definition) is 6. The van der Waals surface area contributed by atoms with Gasteiger partial charge < -0.3 is 19.5 Å². The molecule has 0 spiro atoms. The lowest BCUT2D eigenvalue weighted by atomic mass is 10.1. The summed E-state index contributed by atoms with van der Waals surface area (Å²) in [5.74, 6) is 1.91. The van der Waals surface area contributed by atoms with Gasteiger partial charge in [0.15, 0.2) is 16.7 Å². The van der Waals surface area contributed by atoms with E-state index >= 15 is 0 Å². The average Bonchev–Trinajstić information content (AvgIpc) is 3.17. The fraction of sp³-hybridized carbons (Fsp3) is 0.185. The number of carbonyl (C=O) groups is 1. The minimum atomic E-state index is -0.185.